The maximum absolute atomic E-state index is 13.4. The Bertz CT molecular complexity index is 1330. The highest BCUT2D eigenvalue weighted by Crippen LogP contribution is 2.41. The predicted octanol–water partition coefficient (Wildman–Crippen LogP) is 8.33. The number of hydrogen-bond donors (Lipinski definition) is 1. The molecule has 1 heterocycles. The van der Waals surface area contributed by atoms with Gasteiger partial charge in [-0.3, -0.25) is 4.79 Å². The Kier molecular flexibility index (Phi) is 8.93. The molecule has 2 aliphatic rings. The van der Waals surface area contributed by atoms with E-state index in [1.807, 2.05) is 30.3 Å². The van der Waals surface area contributed by atoms with Crippen LogP contribution in [0.4, 0.5) is 5.00 Å². The van der Waals surface area contributed by atoms with Crippen LogP contribution in [0.5, 0.6) is 11.5 Å². The van der Waals surface area contributed by atoms with Crippen LogP contribution in [0.15, 0.2) is 41.4 Å². The van der Waals surface area contributed by atoms with Crippen LogP contribution in [0.25, 0.3) is 0 Å². The van der Waals surface area contributed by atoms with E-state index >= 15 is 0 Å². The third-order valence-corrected chi connectivity index (χ3v) is 8.89. The van der Waals surface area contributed by atoms with E-state index in [-0.39, 0.29) is 11.9 Å². The van der Waals surface area contributed by atoms with Crippen LogP contribution in [0, 0.1) is 0 Å². The highest BCUT2D eigenvalue weighted by molar-refractivity contribution is 7.16. The molecule has 8 heteroatoms. The molecular formula is C30H32Cl2N2O3S. The molecule has 1 aromatic heterocycles. The molecular weight excluding hydrogens is 539 g/mol. The molecule has 1 fully saturated rings. The van der Waals surface area contributed by atoms with Gasteiger partial charge in [0, 0.05) is 22.2 Å². The summed E-state index contributed by atoms with van der Waals surface area (Å²) in [6, 6.07) is 11.4. The molecule has 1 N–H and O–H groups in total. The van der Waals surface area contributed by atoms with Gasteiger partial charge in [-0.25, -0.2) is 4.99 Å². The minimum atomic E-state index is 0.0174. The summed E-state index contributed by atoms with van der Waals surface area (Å²) in [6.45, 7) is 0.310. The van der Waals surface area contributed by atoms with E-state index < -0.39 is 0 Å². The maximum Gasteiger partial charge on any atom is 0.254 e. The molecule has 1 amide bonds. The van der Waals surface area contributed by atoms with Gasteiger partial charge in [-0.1, -0.05) is 54.6 Å². The van der Waals surface area contributed by atoms with Crippen molar-refractivity contribution < 1.29 is 14.3 Å². The van der Waals surface area contributed by atoms with Gasteiger partial charge in [-0.2, -0.15) is 0 Å². The number of methoxy groups -OCH3 is 1. The highest BCUT2D eigenvalue weighted by Gasteiger charge is 2.27. The van der Waals surface area contributed by atoms with E-state index in [0.717, 1.165) is 60.2 Å². The van der Waals surface area contributed by atoms with Crippen molar-refractivity contribution >= 4 is 51.7 Å². The summed E-state index contributed by atoms with van der Waals surface area (Å²) in [7, 11) is 1.58. The van der Waals surface area contributed by atoms with Crippen LogP contribution in [-0.4, -0.2) is 25.3 Å². The Hall–Kier alpha value is -2.54. The van der Waals surface area contributed by atoms with E-state index in [0.29, 0.717) is 28.2 Å². The zero-order valence-corrected chi connectivity index (χ0v) is 23.9. The van der Waals surface area contributed by atoms with E-state index in [1.54, 1.807) is 30.7 Å². The first-order valence-corrected chi connectivity index (χ1v) is 14.8. The number of fused-ring (bicyclic) bond motifs is 1. The summed E-state index contributed by atoms with van der Waals surface area (Å²) < 4.78 is 11.6. The molecule has 2 aromatic carbocycles. The average molecular weight is 572 g/mol. The maximum atomic E-state index is 13.4. The topological polar surface area (TPSA) is 59.9 Å². The molecule has 0 radical (unpaired) electrons. The number of carbonyl (C=O) groups excluding carboxylic acids is 1. The zero-order chi connectivity index (χ0) is 26.5. The molecule has 3 aromatic rings. The van der Waals surface area contributed by atoms with E-state index in [1.165, 1.54) is 29.7 Å². The number of aryl methyl sites for hydroxylation is 1. The smallest absolute Gasteiger partial charge is 0.254 e. The first kappa shape index (κ1) is 27.0. The molecule has 5 nitrogen and oxygen atoms in total. The normalized spacial score (nSPS) is 15.9. The minimum Gasteiger partial charge on any atom is -0.493 e. The van der Waals surface area contributed by atoms with Gasteiger partial charge in [0.05, 0.1) is 17.7 Å². The van der Waals surface area contributed by atoms with Gasteiger partial charge >= 0.3 is 0 Å². The fourth-order valence-corrected chi connectivity index (χ4v) is 6.97. The first-order valence-electron chi connectivity index (χ1n) is 13.3. The number of halogens is 2. The fraction of sp³-hybridized carbons (Fsp3) is 0.400. The second kappa shape index (κ2) is 12.5. The van der Waals surface area contributed by atoms with Crippen molar-refractivity contribution in [3.05, 3.63) is 73.6 Å². The lowest BCUT2D eigenvalue weighted by Gasteiger charge is -2.23. The van der Waals surface area contributed by atoms with Crippen LogP contribution < -0.4 is 14.8 Å². The van der Waals surface area contributed by atoms with Crippen molar-refractivity contribution in [3.63, 3.8) is 0 Å². The monoisotopic (exact) mass is 570 g/mol. The molecule has 2 aliphatic carbocycles. The van der Waals surface area contributed by atoms with Gasteiger partial charge in [0.2, 0.25) is 0 Å². The highest BCUT2D eigenvalue weighted by atomic mass is 35.5. The number of rotatable bonds is 8. The molecule has 1 saturated carbocycles. The van der Waals surface area contributed by atoms with Gasteiger partial charge in [-0.05, 0) is 79.5 Å². The van der Waals surface area contributed by atoms with Crippen molar-refractivity contribution in [1.82, 2.24) is 5.32 Å². The molecule has 0 bridgehead atoms. The summed E-state index contributed by atoms with van der Waals surface area (Å²) in [6.07, 6.45) is 11.7. The molecule has 0 saturated heterocycles. The Morgan fingerprint density at radius 2 is 1.92 bits per heavy atom. The van der Waals surface area contributed by atoms with E-state index in [9.17, 15) is 4.79 Å². The number of amides is 1. The van der Waals surface area contributed by atoms with Crippen LogP contribution in [0.3, 0.4) is 0 Å². The second-order valence-electron chi connectivity index (χ2n) is 9.91. The summed E-state index contributed by atoms with van der Waals surface area (Å²) in [4.78, 5) is 19.5. The lowest BCUT2D eigenvalue weighted by atomic mass is 9.93. The van der Waals surface area contributed by atoms with Crippen molar-refractivity contribution in [2.24, 2.45) is 4.99 Å². The number of ether oxygens (including phenoxy) is 2. The Morgan fingerprint density at radius 3 is 2.71 bits per heavy atom. The number of hydrogen-bond acceptors (Lipinski definition) is 5. The van der Waals surface area contributed by atoms with Crippen molar-refractivity contribution in [1.29, 1.82) is 0 Å². The molecule has 200 valence electrons. The van der Waals surface area contributed by atoms with Crippen molar-refractivity contribution in [2.75, 3.05) is 7.11 Å². The standard InChI is InChI=1S/C30H32Cl2N2O3S/c1-36-25-16-20(15-24(32)28(25)37-18-19-8-7-9-21(31)14-19)17-33-30-27(23-12-5-6-13-26(23)38-30)29(35)34-22-10-3-2-4-11-22/h7-9,14-17,22H,2-6,10-13,18H2,1H3,(H,34,35). The van der Waals surface area contributed by atoms with Crippen molar-refractivity contribution in [3.8, 4) is 11.5 Å². The Morgan fingerprint density at radius 1 is 1.11 bits per heavy atom. The molecule has 0 spiro atoms. The Labute approximate surface area is 238 Å². The number of nitrogens with zero attached hydrogens (tertiary/aromatic N) is 1. The SMILES string of the molecule is COc1cc(C=Nc2sc3c(c2C(=O)NC2CCCCC2)CCCC3)cc(Cl)c1OCc1cccc(Cl)c1. The summed E-state index contributed by atoms with van der Waals surface area (Å²) >= 11 is 14.3. The lowest BCUT2D eigenvalue weighted by molar-refractivity contribution is 0.0927. The van der Waals surface area contributed by atoms with E-state index in [4.69, 9.17) is 37.7 Å². The lowest BCUT2D eigenvalue weighted by Crippen LogP contribution is -2.36. The molecule has 0 atom stereocenters. The number of nitrogens with one attached hydrogen (secondary N) is 1. The zero-order valence-electron chi connectivity index (χ0n) is 21.5. The summed E-state index contributed by atoms with van der Waals surface area (Å²) in [5.74, 6) is 0.996. The van der Waals surface area contributed by atoms with Gasteiger partial charge in [0.15, 0.2) is 11.5 Å². The number of aliphatic imine (C=N–C) groups is 1. The molecule has 0 aliphatic heterocycles. The largest absolute Gasteiger partial charge is 0.493 e. The molecule has 38 heavy (non-hydrogen) atoms. The third kappa shape index (κ3) is 6.36. The summed E-state index contributed by atoms with van der Waals surface area (Å²) in [5.41, 5.74) is 3.64. The molecule has 5 rings (SSSR count). The van der Waals surface area contributed by atoms with Gasteiger partial charge in [0.1, 0.15) is 11.6 Å². The number of benzene rings is 2. The van der Waals surface area contributed by atoms with Crippen molar-refractivity contribution in [2.45, 2.75) is 70.4 Å². The minimum absolute atomic E-state index is 0.0174. The van der Waals surface area contributed by atoms with Crippen LogP contribution in [0.2, 0.25) is 10.0 Å². The second-order valence-corrected chi connectivity index (χ2v) is 11.8. The summed E-state index contributed by atoms with van der Waals surface area (Å²) in [5, 5.41) is 5.14. The van der Waals surface area contributed by atoms with Gasteiger partial charge in [0.25, 0.3) is 5.91 Å². The third-order valence-electron chi connectivity index (χ3n) is 7.18. The van der Waals surface area contributed by atoms with Crippen LogP contribution in [0.1, 0.15) is 76.9 Å². The van der Waals surface area contributed by atoms with Crippen LogP contribution in [-0.2, 0) is 19.4 Å². The fourth-order valence-electron chi connectivity index (χ4n) is 5.25. The first-order chi connectivity index (χ1) is 18.5. The number of thiophene rings is 1. The van der Waals surface area contributed by atoms with Gasteiger partial charge < -0.3 is 14.8 Å². The van der Waals surface area contributed by atoms with Crippen LogP contribution >= 0.6 is 34.5 Å². The number of carbonyl (C=O) groups is 1. The molecule has 0 unspecified atom stereocenters. The Balaban J connectivity index is 1.38. The quantitative estimate of drug-likeness (QED) is 0.277. The van der Waals surface area contributed by atoms with Gasteiger partial charge in [-0.15, -0.1) is 11.3 Å². The average Bonchev–Trinajstić information content (AvgIpc) is 3.30. The predicted molar refractivity (Wildman–Crippen MR) is 156 cm³/mol. The van der Waals surface area contributed by atoms with E-state index in [2.05, 4.69) is 5.32 Å².